The van der Waals surface area contributed by atoms with Crippen molar-refractivity contribution < 1.29 is 27.4 Å². The molecule has 29 heavy (non-hydrogen) atoms. The Morgan fingerprint density at radius 2 is 1.52 bits per heavy atom. The summed E-state index contributed by atoms with van der Waals surface area (Å²) in [6.45, 7) is 3.95. The third-order valence-electron chi connectivity index (χ3n) is 4.79. The summed E-state index contributed by atoms with van der Waals surface area (Å²) in [5.74, 6) is 1.17. The largest absolute Gasteiger partial charge is 0.493 e. The Morgan fingerprint density at radius 3 is 2.03 bits per heavy atom. The van der Waals surface area contributed by atoms with Crippen LogP contribution in [0.15, 0.2) is 41.3 Å². The molecule has 0 spiro atoms. The molecule has 0 aliphatic carbocycles. The zero-order valence-corrected chi connectivity index (χ0v) is 18.6. The van der Waals surface area contributed by atoms with Gasteiger partial charge in [0.25, 0.3) is 0 Å². The first-order valence-corrected chi connectivity index (χ1v) is 10.5. The molecule has 2 aromatic rings. The summed E-state index contributed by atoms with van der Waals surface area (Å²) < 4.78 is 49.4. The summed E-state index contributed by atoms with van der Waals surface area (Å²) in [6.07, 6.45) is -0.698. The topological polar surface area (TPSA) is 74.3 Å². The van der Waals surface area contributed by atoms with Crippen molar-refractivity contribution in [3.05, 3.63) is 53.1 Å². The first-order chi connectivity index (χ1) is 13.8. The van der Waals surface area contributed by atoms with Crippen LogP contribution < -0.4 is 9.47 Å². The minimum atomic E-state index is -3.78. The van der Waals surface area contributed by atoms with Crippen LogP contribution in [0.3, 0.4) is 0 Å². The summed E-state index contributed by atoms with van der Waals surface area (Å²) in [7, 11) is 2.29. The second-order valence-corrected chi connectivity index (χ2v) is 8.53. The first kappa shape index (κ1) is 23.2. The molecule has 0 unspecified atom stereocenters. The average molecular weight is 424 g/mol. The van der Waals surface area contributed by atoms with E-state index in [9.17, 15) is 8.42 Å². The van der Waals surface area contributed by atoms with Crippen LogP contribution in [0.5, 0.6) is 11.5 Å². The second-order valence-electron chi connectivity index (χ2n) is 6.60. The number of aryl methyl sites for hydroxylation is 1. The number of sulfonamides is 1. The van der Waals surface area contributed by atoms with Crippen molar-refractivity contribution in [2.24, 2.45) is 0 Å². The van der Waals surface area contributed by atoms with Gasteiger partial charge < -0.3 is 18.9 Å². The van der Waals surface area contributed by atoms with E-state index in [2.05, 4.69) is 0 Å². The fraction of sp³-hybridized carbons (Fsp3) is 0.429. The van der Waals surface area contributed by atoms with Crippen molar-refractivity contribution in [1.82, 2.24) is 4.31 Å². The average Bonchev–Trinajstić information content (AvgIpc) is 2.72. The van der Waals surface area contributed by atoms with E-state index < -0.39 is 16.3 Å². The highest BCUT2D eigenvalue weighted by atomic mass is 32.2. The molecule has 2 rings (SSSR count). The number of hydrogen-bond donors (Lipinski definition) is 0. The summed E-state index contributed by atoms with van der Waals surface area (Å²) in [6, 6.07) is 10.4. The van der Waals surface area contributed by atoms with Crippen LogP contribution in [0.2, 0.25) is 0 Å². The lowest BCUT2D eigenvalue weighted by molar-refractivity contribution is -0.108. The molecule has 0 saturated heterocycles. The third kappa shape index (κ3) is 5.27. The Balaban J connectivity index is 2.48. The van der Waals surface area contributed by atoms with E-state index in [1.807, 2.05) is 19.9 Å². The molecule has 0 radical (unpaired) electrons. The molecule has 0 atom stereocenters. The van der Waals surface area contributed by atoms with Crippen molar-refractivity contribution in [3.63, 3.8) is 0 Å². The smallest absolute Gasteiger partial charge is 0.243 e. The van der Waals surface area contributed by atoms with Gasteiger partial charge in [-0.05, 0) is 43.2 Å². The summed E-state index contributed by atoms with van der Waals surface area (Å²) >= 11 is 0. The Kier molecular flexibility index (Phi) is 8.04. The highest BCUT2D eigenvalue weighted by molar-refractivity contribution is 7.89. The predicted molar refractivity (Wildman–Crippen MR) is 111 cm³/mol. The van der Waals surface area contributed by atoms with Crippen LogP contribution >= 0.6 is 0 Å². The van der Waals surface area contributed by atoms with Crippen LogP contribution in [0, 0.1) is 13.8 Å². The van der Waals surface area contributed by atoms with E-state index in [4.69, 9.17) is 18.9 Å². The molecule has 0 bridgehead atoms. The van der Waals surface area contributed by atoms with Gasteiger partial charge >= 0.3 is 0 Å². The maximum absolute atomic E-state index is 13.4. The van der Waals surface area contributed by atoms with Crippen LogP contribution in [0.1, 0.15) is 16.7 Å². The zero-order chi connectivity index (χ0) is 21.6. The van der Waals surface area contributed by atoms with Gasteiger partial charge in [-0.25, -0.2) is 8.42 Å². The highest BCUT2D eigenvalue weighted by Gasteiger charge is 2.28. The molecule has 0 heterocycles. The predicted octanol–water partition coefficient (Wildman–Crippen LogP) is 3.13. The molecular formula is C21H29NO6S. The van der Waals surface area contributed by atoms with Gasteiger partial charge in [0.1, 0.15) is 0 Å². The molecule has 0 aliphatic rings. The lowest BCUT2D eigenvalue weighted by atomic mass is 10.1. The van der Waals surface area contributed by atoms with Gasteiger partial charge in [0.2, 0.25) is 10.0 Å². The minimum Gasteiger partial charge on any atom is -0.493 e. The number of nitrogens with zero attached hydrogens (tertiary/aromatic N) is 1. The molecule has 0 aliphatic heterocycles. The number of ether oxygens (including phenoxy) is 4. The Morgan fingerprint density at radius 1 is 0.897 bits per heavy atom. The molecule has 0 amide bonds. The summed E-state index contributed by atoms with van der Waals surface area (Å²) in [5.41, 5.74) is 2.59. The Bertz CT molecular complexity index is 908. The van der Waals surface area contributed by atoms with Gasteiger partial charge in [-0.1, -0.05) is 23.8 Å². The summed E-state index contributed by atoms with van der Waals surface area (Å²) in [4.78, 5) is 0.215. The van der Waals surface area contributed by atoms with Crippen molar-refractivity contribution >= 4 is 10.0 Å². The number of benzene rings is 2. The van der Waals surface area contributed by atoms with E-state index in [0.29, 0.717) is 11.5 Å². The zero-order valence-electron chi connectivity index (χ0n) is 17.8. The fourth-order valence-corrected chi connectivity index (χ4v) is 4.41. The van der Waals surface area contributed by atoms with E-state index in [-0.39, 0.29) is 18.0 Å². The lowest BCUT2D eigenvalue weighted by Gasteiger charge is -2.27. The Labute approximate surface area is 173 Å². The number of methoxy groups -OCH3 is 4. The molecule has 2 aromatic carbocycles. The lowest BCUT2D eigenvalue weighted by Crippen LogP contribution is -2.38. The van der Waals surface area contributed by atoms with Crippen LogP contribution in [0.25, 0.3) is 0 Å². The second kappa shape index (κ2) is 10.1. The van der Waals surface area contributed by atoms with E-state index in [1.165, 1.54) is 18.5 Å². The van der Waals surface area contributed by atoms with Gasteiger partial charge in [-0.2, -0.15) is 4.31 Å². The normalized spacial score (nSPS) is 11.9. The standard InChI is InChI=1S/C21H29NO6S/c1-15-7-10-18(11-8-15)29(23,24)22(14-20(26-4)27-5)13-17-9-12-19(25-3)21(28-6)16(17)2/h7-12,20H,13-14H2,1-6H3. The van der Waals surface area contributed by atoms with Crippen molar-refractivity contribution in [1.29, 1.82) is 0 Å². The Hall–Kier alpha value is -2.13. The molecular weight excluding hydrogens is 394 g/mol. The third-order valence-corrected chi connectivity index (χ3v) is 6.62. The van der Waals surface area contributed by atoms with Gasteiger partial charge in [0, 0.05) is 20.8 Å². The maximum atomic E-state index is 13.4. The summed E-state index contributed by atoms with van der Waals surface area (Å²) in [5, 5.41) is 0. The maximum Gasteiger partial charge on any atom is 0.243 e. The molecule has 0 fully saturated rings. The van der Waals surface area contributed by atoms with Gasteiger partial charge in [0.05, 0.1) is 25.7 Å². The molecule has 8 heteroatoms. The molecule has 0 aromatic heterocycles. The van der Waals surface area contributed by atoms with E-state index in [0.717, 1.165) is 16.7 Å². The molecule has 0 saturated carbocycles. The van der Waals surface area contributed by atoms with E-state index >= 15 is 0 Å². The minimum absolute atomic E-state index is 0.0387. The monoisotopic (exact) mass is 423 g/mol. The van der Waals surface area contributed by atoms with Crippen molar-refractivity contribution in [2.75, 3.05) is 35.0 Å². The molecule has 7 nitrogen and oxygen atoms in total. The van der Waals surface area contributed by atoms with Crippen LogP contribution in [-0.4, -0.2) is 54.0 Å². The van der Waals surface area contributed by atoms with Gasteiger partial charge in [-0.3, -0.25) is 0 Å². The highest BCUT2D eigenvalue weighted by Crippen LogP contribution is 2.34. The molecule has 0 N–H and O–H groups in total. The van der Waals surface area contributed by atoms with Gasteiger partial charge in [-0.15, -0.1) is 0 Å². The van der Waals surface area contributed by atoms with Crippen LogP contribution in [-0.2, 0) is 26.0 Å². The first-order valence-electron chi connectivity index (χ1n) is 9.11. The quantitative estimate of drug-likeness (QED) is 0.547. The molecule has 160 valence electrons. The van der Waals surface area contributed by atoms with Crippen LogP contribution in [0.4, 0.5) is 0 Å². The number of rotatable bonds is 10. The van der Waals surface area contributed by atoms with E-state index in [1.54, 1.807) is 44.6 Å². The number of hydrogen-bond acceptors (Lipinski definition) is 6. The van der Waals surface area contributed by atoms with Crippen molar-refractivity contribution in [2.45, 2.75) is 31.6 Å². The van der Waals surface area contributed by atoms with Crippen molar-refractivity contribution in [3.8, 4) is 11.5 Å². The SMILES string of the molecule is COc1ccc(CN(CC(OC)OC)S(=O)(=O)c2ccc(C)cc2)c(C)c1OC. The van der Waals surface area contributed by atoms with Gasteiger partial charge in [0.15, 0.2) is 17.8 Å². The fourth-order valence-electron chi connectivity index (χ4n) is 3.00.